The monoisotopic (exact) mass is 409 g/mol. The Morgan fingerprint density at radius 1 is 1.23 bits per heavy atom. The van der Waals surface area contributed by atoms with Gasteiger partial charge >= 0.3 is 0 Å². The first-order chi connectivity index (χ1) is 12.6. The third-order valence-corrected chi connectivity index (χ3v) is 5.46. The topological polar surface area (TPSA) is 64.4 Å². The van der Waals surface area contributed by atoms with Gasteiger partial charge < -0.3 is 9.80 Å². The Balaban J connectivity index is 1.54. The molecule has 0 aromatic heterocycles. The molecule has 2 heterocycles. The number of nitrogens with zero attached hydrogens (tertiary/aromatic N) is 3. The van der Waals surface area contributed by atoms with Crippen LogP contribution in [-0.4, -0.2) is 24.9 Å². The Kier molecular flexibility index (Phi) is 4.25. The maximum Gasteiger partial charge on any atom is 0.232 e. The number of anilines is 2. The summed E-state index contributed by atoms with van der Waals surface area (Å²) in [5.41, 5.74) is 3.27. The quantitative estimate of drug-likeness (QED) is 0.764. The second-order valence-electron chi connectivity index (χ2n) is 6.58. The maximum atomic E-state index is 13.0. The molecule has 0 radical (unpaired) electrons. The van der Waals surface area contributed by atoms with Crippen molar-refractivity contribution in [2.45, 2.75) is 12.8 Å². The van der Waals surface area contributed by atoms with Gasteiger partial charge in [0.15, 0.2) is 0 Å². The Morgan fingerprint density at radius 2 is 2.08 bits per heavy atom. The summed E-state index contributed by atoms with van der Waals surface area (Å²) in [5, 5.41) is 9.05. The van der Waals surface area contributed by atoms with Gasteiger partial charge in [0.25, 0.3) is 0 Å². The molecule has 0 bridgehead atoms. The lowest BCUT2D eigenvalue weighted by molar-refractivity contribution is -0.124. The average Bonchev–Trinajstić information content (AvgIpc) is 3.24. The predicted molar refractivity (Wildman–Crippen MR) is 102 cm³/mol. The van der Waals surface area contributed by atoms with Gasteiger partial charge in [0.2, 0.25) is 11.8 Å². The first-order valence-corrected chi connectivity index (χ1v) is 9.26. The van der Waals surface area contributed by atoms with Crippen molar-refractivity contribution in [2.24, 2.45) is 5.92 Å². The van der Waals surface area contributed by atoms with E-state index in [1.807, 2.05) is 18.2 Å². The molecule has 2 amide bonds. The molecule has 2 aliphatic heterocycles. The number of amides is 2. The van der Waals surface area contributed by atoms with Crippen molar-refractivity contribution in [1.29, 1.82) is 5.26 Å². The number of carbonyl (C=O) groups excluding carboxylic acids is 2. The SMILES string of the molecule is N#Cc1cccc(N2C[C@@H](C(=O)N3CCc4cc(Br)ccc43)CC2=O)c1. The summed E-state index contributed by atoms with van der Waals surface area (Å²) in [6, 6.07) is 15.0. The predicted octanol–water partition coefficient (Wildman–Crippen LogP) is 3.26. The third-order valence-electron chi connectivity index (χ3n) is 4.96. The van der Waals surface area contributed by atoms with E-state index in [1.54, 1.807) is 34.1 Å². The third kappa shape index (κ3) is 2.89. The van der Waals surface area contributed by atoms with Crippen molar-refractivity contribution in [1.82, 2.24) is 0 Å². The fourth-order valence-corrected chi connectivity index (χ4v) is 4.09. The van der Waals surface area contributed by atoms with Crippen LogP contribution in [0.3, 0.4) is 0 Å². The summed E-state index contributed by atoms with van der Waals surface area (Å²) in [6.45, 7) is 1.01. The van der Waals surface area contributed by atoms with E-state index >= 15 is 0 Å². The molecular formula is C20H16BrN3O2. The van der Waals surface area contributed by atoms with Crippen molar-refractivity contribution in [3.05, 3.63) is 58.1 Å². The molecule has 2 aliphatic rings. The zero-order valence-electron chi connectivity index (χ0n) is 14.0. The highest BCUT2D eigenvalue weighted by Gasteiger charge is 2.39. The molecule has 0 saturated carbocycles. The normalized spacial score (nSPS) is 18.8. The van der Waals surface area contributed by atoms with Crippen LogP contribution in [0.2, 0.25) is 0 Å². The van der Waals surface area contributed by atoms with Crippen LogP contribution in [-0.2, 0) is 16.0 Å². The van der Waals surface area contributed by atoms with Crippen molar-refractivity contribution in [2.75, 3.05) is 22.9 Å². The average molecular weight is 410 g/mol. The standard InChI is InChI=1S/C20H16BrN3O2/c21-16-4-5-18-14(9-16)6-7-23(18)20(26)15-10-19(25)24(12-15)17-3-1-2-13(8-17)11-22/h1-5,8-9,15H,6-7,10,12H2/t15-/m0/s1. The fourth-order valence-electron chi connectivity index (χ4n) is 3.69. The summed E-state index contributed by atoms with van der Waals surface area (Å²) < 4.78 is 1.00. The molecule has 1 fully saturated rings. The zero-order chi connectivity index (χ0) is 18.3. The molecule has 0 N–H and O–H groups in total. The number of rotatable bonds is 2. The first kappa shape index (κ1) is 16.8. The van der Waals surface area contributed by atoms with Gasteiger partial charge in [0, 0.05) is 35.4 Å². The van der Waals surface area contributed by atoms with Gasteiger partial charge in [-0.2, -0.15) is 5.26 Å². The highest BCUT2D eigenvalue weighted by atomic mass is 79.9. The summed E-state index contributed by atoms with van der Waals surface area (Å²) >= 11 is 3.46. The molecule has 6 heteroatoms. The van der Waals surface area contributed by atoms with Crippen LogP contribution in [0.4, 0.5) is 11.4 Å². The van der Waals surface area contributed by atoms with Crippen LogP contribution in [0.25, 0.3) is 0 Å². The number of benzene rings is 2. The van der Waals surface area contributed by atoms with Crippen LogP contribution in [0.1, 0.15) is 17.5 Å². The largest absolute Gasteiger partial charge is 0.312 e. The molecular weight excluding hydrogens is 394 g/mol. The van der Waals surface area contributed by atoms with E-state index in [0.717, 1.165) is 22.1 Å². The molecule has 26 heavy (non-hydrogen) atoms. The number of fused-ring (bicyclic) bond motifs is 1. The van der Waals surface area contributed by atoms with Crippen molar-refractivity contribution >= 4 is 39.1 Å². The van der Waals surface area contributed by atoms with Crippen LogP contribution >= 0.6 is 15.9 Å². The minimum Gasteiger partial charge on any atom is -0.312 e. The van der Waals surface area contributed by atoms with Crippen LogP contribution in [0, 0.1) is 17.2 Å². The lowest BCUT2D eigenvalue weighted by Gasteiger charge is -2.22. The molecule has 130 valence electrons. The number of carbonyl (C=O) groups is 2. The summed E-state index contributed by atoms with van der Waals surface area (Å²) in [5.74, 6) is -0.435. The van der Waals surface area contributed by atoms with Gasteiger partial charge in [0.1, 0.15) is 0 Å². The molecule has 2 aromatic carbocycles. The number of hydrogen-bond donors (Lipinski definition) is 0. The Hall–Kier alpha value is -2.65. The van der Waals surface area contributed by atoms with Gasteiger partial charge in [-0.25, -0.2) is 0 Å². The molecule has 5 nitrogen and oxygen atoms in total. The smallest absolute Gasteiger partial charge is 0.232 e. The molecule has 0 unspecified atom stereocenters. The van der Waals surface area contributed by atoms with Gasteiger partial charge in [0.05, 0.1) is 17.6 Å². The minimum atomic E-state index is -0.358. The van der Waals surface area contributed by atoms with Crippen LogP contribution in [0.5, 0.6) is 0 Å². The number of hydrogen-bond acceptors (Lipinski definition) is 3. The first-order valence-electron chi connectivity index (χ1n) is 8.47. The second-order valence-corrected chi connectivity index (χ2v) is 7.50. The molecule has 0 aliphatic carbocycles. The van der Waals surface area contributed by atoms with Crippen molar-refractivity contribution in [3.8, 4) is 6.07 Å². The Bertz CT molecular complexity index is 950. The molecule has 0 spiro atoms. The van der Waals surface area contributed by atoms with E-state index in [4.69, 9.17) is 5.26 Å². The second kappa shape index (κ2) is 6.58. The van der Waals surface area contributed by atoms with E-state index in [1.165, 1.54) is 0 Å². The number of halogens is 1. The van der Waals surface area contributed by atoms with Gasteiger partial charge in [-0.05, 0) is 48.4 Å². The van der Waals surface area contributed by atoms with Crippen molar-refractivity contribution in [3.63, 3.8) is 0 Å². The van der Waals surface area contributed by atoms with Gasteiger partial charge in [-0.15, -0.1) is 0 Å². The highest BCUT2D eigenvalue weighted by molar-refractivity contribution is 9.10. The van der Waals surface area contributed by atoms with Crippen LogP contribution < -0.4 is 9.80 Å². The summed E-state index contributed by atoms with van der Waals surface area (Å²) in [6.07, 6.45) is 1.03. The lowest BCUT2D eigenvalue weighted by atomic mass is 10.1. The van der Waals surface area contributed by atoms with E-state index in [-0.39, 0.29) is 24.2 Å². The Morgan fingerprint density at radius 3 is 2.88 bits per heavy atom. The van der Waals surface area contributed by atoms with E-state index < -0.39 is 0 Å². The lowest BCUT2D eigenvalue weighted by Crippen LogP contribution is -2.36. The molecule has 1 saturated heterocycles. The maximum absolute atomic E-state index is 13.0. The van der Waals surface area contributed by atoms with E-state index in [9.17, 15) is 9.59 Å². The van der Waals surface area contributed by atoms with Crippen molar-refractivity contribution < 1.29 is 9.59 Å². The summed E-state index contributed by atoms with van der Waals surface area (Å²) in [4.78, 5) is 28.9. The summed E-state index contributed by atoms with van der Waals surface area (Å²) in [7, 11) is 0. The zero-order valence-corrected chi connectivity index (χ0v) is 15.6. The fraction of sp³-hybridized carbons (Fsp3) is 0.250. The minimum absolute atomic E-state index is 0.00152. The molecule has 2 aromatic rings. The van der Waals surface area contributed by atoms with Crippen LogP contribution in [0.15, 0.2) is 46.9 Å². The van der Waals surface area contributed by atoms with E-state index in [2.05, 4.69) is 22.0 Å². The van der Waals surface area contributed by atoms with Gasteiger partial charge in [-0.3, -0.25) is 9.59 Å². The van der Waals surface area contributed by atoms with E-state index in [0.29, 0.717) is 24.3 Å². The highest BCUT2D eigenvalue weighted by Crippen LogP contribution is 2.34. The number of nitriles is 1. The molecule has 4 rings (SSSR count). The Labute approximate surface area is 159 Å². The van der Waals surface area contributed by atoms with Gasteiger partial charge in [-0.1, -0.05) is 22.0 Å². The molecule has 1 atom stereocenters.